The number of aryl methyl sites for hydroxylation is 2. The summed E-state index contributed by atoms with van der Waals surface area (Å²) in [4.78, 5) is 0.311. The summed E-state index contributed by atoms with van der Waals surface area (Å²) in [5.41, 5.74) is 2.02. The first-order chi connectivity index (χ1) is 10.00. The molecule has 2 aromatic carbocycles. The van der Waals surface area contributed by atoms with Crippen LogP contribution in [0.2, 0.25) is 0 Å². The summed E-state index contributed by atoms with van der Waals surface area (Å²) in [7, 11) is -7.04. The van der Waals surface area contributed by atoms with Crippen LogP contribution in [0.5, 0.6) is 0 Å². The van der Waals surface area contributed by atoms with Gasteiger partial charge in [-0.05, 0) is 38.1 Å². The number of hydrogen-bond acceptors (Lipinski definition) is 4. The summed E-state index contributed by atoms with van der Waals surface area (Å²) >= 11 is 0. The lowest BCUT2D eigenvalue weighted by atomic mass is 10.2. The second kappa shape index (κ2) is 7.01. The summed E-state index contributed by atoms with van der Waals surface area (Å²) in [6.07, 6.45) is 0. The Balaban J connectivity index is 0.000000220. The molecule has 0 aliphatic carbocycles. The summed E-state index contributed by atoms with van der Waals surface area (Å²) < 4.78 is 42.9. The first-order valence-electron chi connectivity index (χ1n) is 6.19. The normalized spacial score (nSPS) is 11.5. The van der Waals surface area contributed by atoms with Gasteiger partial charge in [-0.15, -0.1) is 0 Å². The molecular formula is C14H18N2O4S2. The maximum Gasteiger partial charge on any atom is 0.238 e. The third-order valence-electron chi connectivity index (χ3n) is 2.70. The molecule has 2 rings (SSSR count). The minimum Gasteiger partial charge on any atom is -0.225 e. The van der Waals surface area contributed by atoms with Crippen LogP contribution in [0.4, 0.5) is 0 Å². The molecule has 0 amide bonds. The van der Waals surface area contributed by atoms with Crippen molar-refractivity contribution in [2.45, 2.75) is 23.6 Å². The average Bonchev–Trinajstić information content (AvgIpc) is 2.38. The van der Waals surface area contributed by atoms with Crippen LogP contribution in [0.15, 0.2) is 58.3 Å². The molecule has 0 atom stereocenters. The van der Waals surface area contributed by atoms with E-state index in [1.54, 1.807) is 24.3 Å². The van der Waals surface area contributed by atoms with Crippen molar-refractivity contribution in [2.24, 2.45) is 10.3 Å². The Kier molecular flexibility index (Phi) is 5.84. The van der Waals surface area contributed by atoms with Crippen molar-refractivity contribution in [3.63, 3.8) is 0 Å². The molecule has 0 spiro atoms. The van der Waals surface area contributed by atoms with Crippen LogP contribution in [-0.2, 0) is 20.0 Å². The number of primary sulfonamides is 2. The molecule has 8 heteroatoms. The molecule has 0 saturated carbocycles. The van der Waals surface area contributed by atoms with Crippen LogP contribution in [0.25, 0.3) is 0 Å². The van der Waals surface area contributed by atoms with E-state index >= 15 is 0 Å². The van der Waals surface area contributed by atoms with Gasteiger partial charge in [-0.2, -0.15) is 0 Å². The molecular weight excluding hydrogens is 324 g/mol. The minimum absolute atomic E-state index is 0.156. The van der Waals surface area contributed by atoms with E-state index < -0.39 is 20.0 Å². The number of hydrogen-bond donors (Lipinski definition) is 2. The minimum atomic E-state index is -3.52. The number of sulfonamides is 2. The molecule has 0 aromatic heterocycles. The fraction of sp³-hybridized carbons (Fsp3) is 0.143. The largest absolute Gasteiger partial charge is 0.238 e. The number of benzene rings is 2. The number of rotatable bonds is 2. The molecule has 0 bridgehead atoms. The Labute approximate surface area is 130 Å². The Morgan fingerprint density at radius 1 is 0.591 bits per heavy atom. The Bertz CT molecular complexity index is 752. The number of nitrogens with two attached hydrogens (primary N) is 2. The Hall–Kier alpha value is -1.74. The second-order valence-corrected chi connectivity index (χ2v) is 7.84. The van der Waals surface area contributed by atoms with Gasteiger partial charge in [0.15, 0.2) is 0 Å². The van der Waals surface area contributed by atoms with Gasteiger partial charge in [0, 0.05) is 0 Å². The zero-order chi connectivity index (χ0) is 17.0. The highest BCUT2D eigenvalue weighted by Crippen LogP contribution is 2.07. The van der Waals surface area contributed by atoms with E-state index in [0.29, 0.717) is 0 Å². The van der Waals surface area contributed by atoms with Crippen molar-refractivity contribution in [3.05, 3.63) is 59.7 Å². The second-order valence-electron chi connectivity index (χ2n) is 4.72. The standard InChI is InChI=1S/2C7H9NO2S/c2*1-6-2-4-7(5-3-6)11(8,9)10/h2*2-5H,1H3,(H2,8,9,10). The zero-order valence-corrected chi connectivity index (χ0v) is 13.9. The lowest BCUT2D eigenvalue weighted by Gasteiger charge is -1.96. The molecule has 0 fully saturated rings. The van der Waals surface area contributed by atoms with Crippen LogP contribution < -0.4 is 10.3 Å². The van der Waals surface area contributed by atoms with Crippen molar-refractivity contribution in [2.75, 3.05) is 0 Å². The van der Waals surface area contributed by atoms with Crippen molar-refractivity contribution in [1.29, 1.82) is 0 Å². The third-order valence-corrected chi connectivity index (χ3v) is 4.56. The van der Waals surface area contributed by atoms with Gasteiger partial charge >= 0.3 is 0 Å². The molecule has 4 N–H and O–H groups in total. The molecule has 0 unspecified atom stereocenters. The molecule has 2 aromatic rings. The summed E-state index contributed by atoms with van der Waals surface area (Å²) in [6, 6.07) is 12.8. The van der Waals surface area contributed by atoms with Crippen molar-refractivity contribution < 1.29 is 16.8 Å². The van der Waals surface area contributed by atoms with E-state index in [-0.39, 0.29) is 9.79 Å². The van der Waals surface area contributed by atoms with Gasteiger partial charge in [-0.1, -0.05) is 35.4 Å². The van der Waals surface area contributed by atoms with Crippen LogP contribution in [0, 0.1) is 13.8 Å². The molecule has 0 radical (unpaired) electrons. The molecule has 22 heavy (non-hydrogen) atoms. The van der Waals surface area contributed by atoms with Crippen LogP contribution in [0.1, 0.15) is 11.1 Å². The lowest BCUT2D eigenvalue weighted by molar-refractivity contribution is 0.596. The first-order valence-corrected chi connectivity index (χ1v) is 9.28. The molecule has 0 aliphatic rings. The van der Waals surface area contributed by atoms with Gasteiger partial charge in [0.2, 0.25) is 20.0 Å². The van der Waals surface area contributed by atoms with Gasteiger partial charge in [0.05, 0.1) is 9.79 Å². The van der Waals surface area contributed by atoms with Gasteiger partial charge < -0.3 is 0 Å². The van der Waals surface area contributed by atoms with Crippen molar-refractivity contribution >= 4 is 20.0 Å². The SMILES string of the molecule is Cc1ccc(S(N)(=O)=O)cc1.Cc1ccc(S(N)(=O)=O)cc1. The molecule has 0 heterocycles. The quantitative estimate of drug-likeness (QED) is 0.854. The average molecular weight is 342 g/mol. The summed E-state index contributed by atoms with van der Waals surface area (Å²) in [6.45, 7) is 3.76. The maximum atomic E-state index is 10.7. The monoisotopic (exact) mass is 342 g/mol. The third kappa shape index (κ3) is 5.94. The maximum absolute atomic E-state index is 10.7. The van der Waals surface area contributed by atoms with Crippen LogP contribution in [-0.4, -0.2) is 16.8 Å². The van der Waals surface area contributed by atoms with E-state index in [0.717, 1.165) is 11.1 Å². The first kappa shape index (κ1) is 18.3. The van der Waals surface area contributed by atoms with E-state index in [2.05, 4.69) is 0 Å². The highest BCUT2D eigenvalue weighted by atomic mass is 32.2. The predicted octanol–water partition coefficient (Wildman–Crippen LogP) is 1.28. The van der Waals surface area contributed by atoms with E-state index in [9.17, 15) is 16.8 Å². The van der Waals surface area contributed by atoms with E-state index in [4.69, 9.17) is 10.3 Å². The molecule has 6 nitrogen and oxygen atoms in total. The Morgan fingerprint density at radius 3 is 1.00 bits per heavy atom. The summed E-state index contributed by atoms with van der Waals surface area (Å²) in [5, 5.41) is 9.76. The topological polar surface area (TPSA) is 120 Å². The van der Waals surface area contributed by atoms with Crippen molar-refractivity contribution in [3.8, 4) is 0 Å². The zero-order valence-electron chi connectivity index (χ0n) is 12.2. The van der Waals surface area contributed by atoms with Crippen LogP contribution >= 0.6 is 0 Å². The van der Waals surface area contributed by atoms with Gasteiger partial charge in [0.25, 0.3) is 0 Å². The van der Waals surface area contributed by atoms with E-state index in [1.807, 2.05) is 13.8 Å². The fourth-order valence-corrected chi connectivity index (χ4v) is 2.49. The van der Waals surface area contributed by atoms with Crippen molar-refractivity contribution in [1.82, 2.24) is 0 Å². The Morgan fingerprint density at radius 2 is 0.818 bits per heavy atom. The van der Waals surface area contributed by atoms with Gasteiger partial charge in [0.1, 0.15) is 0 Å². The predicted molar refractivity (Wildman–Crippen MR) is 85.1 cm³/mol. The highest BCUT2D eigenvalue weighted by molar-refractivity contribution is 7.89. The molecule has 0 aliphatic heterocycles. The lowest BCUT2D eigenvalue weighted by Crippen LogP contribution is -2.11. The van der Waals surface area contributed by atoms with E-state index in [1.165, 1.54) is 24.3 Å². The molecule has 0 saturated heterocycles. The molecule has 120 valence electrons. The van der Waals surface area contributed by atoms with Crippen LogP contribution in [0.3, 0.4) is 0 Å². The van der Waals surface area contributed by atoms with Gasteiger partial charge in [-0.25, -0.2) is 27.1 Å². The summed E-state index contributed by atoms with van der Waals surface area (Å²) in [5.74, 6) is 0. The fourth-order valence-electron chi connectivity index (χ4n) is 1.46. The van der Waals surface area contributed by atoms with Gasteiger partial charge in [-0.3, -0.25) is 0 Å². The highest BCUT2D eigenvalue weighted by Gasteiger charge is 2.05. The smallest absolute Gasteiger partial charge is 0.225 e.